The normalized spacial score (nSPS) is 20.7. The van der Waals surface area contributed by atoms with Crippen molar-refractivity contribution in [2.24, 2.45) is 5.92 Å². The second kappa shape index (κ2) is 6.86. The minimum Gasteiger partial charge on any atom is -0.302 e. The van der Waals surface area contributed by atoms with Crippen molar-refractivity contribution in [2.75, 3.05) is 24.7 Å². The van der Waals surface area contributed by atoms with E-state index in [0.717, 1.165) is 18.5 Å². The molecule has 0 spiro atoms. The predicted molar refractivity (Wildman–Crippen MR) is 91.1 cm³/mol. The predicted octanol–water partition coefficient (Wildman–Crippen LogP) is 2.02. The fraction of sp³-hybridized carbons (Fsp3) is 0.733. The van der Waals surface area contributed by atoms with E-state index < -0.39 is 10.0 Å². The van der Waals surface area contributed by atoms with Gasteiger partial charge >= 0.3 is 0 Å². The zero-order valence-electron chi connectivity index (χ0n) is 13.4. The SMILES string of the molecule is CS(=O)(=O)N1CCC(C(=O)Nc2nc3c(s2)CCCCC3)CC1. The van der Waals surface area contributed by atoms with Crippen LogP contribution in [0.15, 0.2) is 0 Å². The van der Waals surface area contributed by atoms with Crippen molar-refractivity contribution in [3.8, 4) is 0 Å². The van der Waals surface area contributed by atoms with Crippen molar-refractivity contribution in [1.29, 1.82) is 0 Å². The summed E-state index contributed by atoms with van der Waals surface area (Å²) < 4.78 is 24.5. The van der Waals surface area contributed by atoms with Crippen LogP contribution >= 0.6 is 11.3 Å². The summed E-state index contributed by atoms with van der Waals surface area (Å²) in [5.41, 5.74) is 1.15. The third kappa shape index (κ3) is 4.10. The van der Waals surface area contributed by atoms with Gasteiger partial charge in [0, 0.05) is 23.9 Å². The Bertz CT molecular complexity index is 653. The Kier molecular flexibility index (Phi) is 5.03. The van der Waals surface area contributed by atoms with Crippen LogP contribution in [-0.2, 0) is 27.7 Å². The molecule has 1 aliphatic carbocycles. The monoisotopic (exact) mass is 357 g/mol. The molecule has 1 aromatic rings. The number of amides is 1. The van der Waals surface area contributed by atoms with E-state index in [0.29, 0.717) is 31.1 Å². The van der Waals surface area contributed by atoms with Crippen molar-refractivity contribution < 1.29 is 13.2 Å². The second-order valence-corrected chi connectivity index (χ2v) is 9.44. The summed E-state index contributed by atoms with van der Waals surface area (Å²) in [7, 11) is -3.15. The van der Waals surface area contributed by atoms with Crippen LogP contribution in [0.4, 0.5) is 5.13 Å². The number of sulfonamides is 1. The maximum atomic E-state index is 12.4. The van der Waals surface area contributed by atoms with Crippen LogP contribution < -0.4 is 5.32 Å². The first kappa shape index (κ1) is 16.9. The number of carbonyl (C=O) groups is 1. The highest BCUT2D eigenvalue weighted by Gasteiger charge is 2.29. The summed E-state index contributed by atoms with van der Waals surface area (Å²) in [4.78, 5) is 18.3. The second-order valence-electron chi connectivity index (χ2n) is 6.38. The molecule has 1 aliphatic heterocycles. The molecule has 1 N–H and O–H groups in total. The van der Waals surface area contributed by atoms with E-state index in [-0.39, 0.29) is 11.8 Å². The lowest BCUT2D eigenvalue weighted by Gasteiger charge is -2.29. The molecular weight excluding hydrogens is 334 g/mol. The average molecular weight is 358 g/mol. The Morgan fingerprint density at radius 1 is 1.22 bits per heavy atom. The van der Waals surface area contributed by atoms with Gasteiger partial charge in [-0.05, 0) is 38.5 Å². The molecule has 0 unspecified atom stereocenters. The third-order valence-electron chi connectivity index (χ3n) is 4.62. The highest BCUT2D eigenvalue weighted by Crippen LogP contribution is 2.30. The number of hydrogen-bond donors (Lipinski definition) is 1. The molecule has 0 radical (unpaired) electrons. The fourth-order valence-corrected chi connectivity index (χ4v) is 5.17. The topological polar surface area (TPSA) is 79.4 Å². The largest absolute Gasteiger partial charge is 0.302 e. The van der Waals surface area contributed by atoms with E-state index in [2.05, 4.69) is 10.3 Å². The first-order valence-corrected chi connectivity index (χ1v) is 10.8. The van der Waals surface area contributed by atoms with Crippen LogP contribution in [0.1, 0.15) is 42.7 Å². The number of nitrogens with zero attached hydrogens (tertiary/aromatic N) is 2. The summed E-state index contributed by atoms with van der Waals surface area (Å²) in [6.07, 6.45) is 8.07. The van der Waals surface area contributed by atoms with E-state index in [1.54, 1.807) is 11.3 Å². The van der Waals surface area contributed by atoms with Crippen LogP contribution in [-0.4, -0.2) is 43.0 Å². The number of thiazole rings is 1. The van der Waals surface area contributed by atoms with Crippen LogP contribution in [0.25, 0.3) is 0 Å². The Morgan fingerprint density at radius 2 is 1.91 bits per heavy atom. The van der Waals surface area contributed by atoms with Gasteiger partial charge in [-0.2, -0.15) is 0 Å². The molecule has 1 fully saturated rings. The smallest absolute Gasteiger partial charge is 0.229 e. The molecule has 2 heterocycles. The van der Waals surface area contributed by atoms with E-state index in [9.17, 15) is 13.2 Å². The van der Waals surface area contributed by atoms with Crippen molar-refractivity contribution in [1.82, 2.24) is 9.29 Å². The fourth-order valence-electron chi connectivity index (χ4n) is 3.24. The maximum Gasteiger partial charge on any atom is 0.229 e. The first-order valence-electron chi connectivity index (χ1n) is 8.18. The minimum absolute atomic E-state index is 0.0259. The number of aromatic nitrogens is 1. The molecule has 1 saturated heterocycles. The van der Waals surface area contributed by atoms with Gasteiger partial charge in [-0.1, -0.05) is 6.42 Å². The summed E-state index contributed by atoms with van der Waals surface area (Å²) in [5.74, 6) is -0.154. The van der Waals surface area contributed by atoms with Crippen molar-refractivity contribution in [3.63, 3.8) is 0 Å². The number of fused-ring (bicyclic) bond motifs is 1. The van der Waals surface area contributed by atoms with Crippen LogP contribution in [0, 0.1) is 5.92 Å². The molecule has 8 heteroatoms. The van der Waals surface area contributed by atoms with Crippen LogP contribution in [0.5, 0.6) is 0 Å². The molecule has 2 aliphatic rings. The molecule has 128 valence electrons. The van der Waals surface area contributed by atoms with E-state index >= 15 is 0 Å². The van der Waals surface area contributed by atoms with Crippen LogP contribution in [0.3, 0.4) is 0 Å². The molecule has 6 nitrogen and oxygen atoms in total. The Labute approximate surface area is 141 Å². The van der Waals surface area contributed by atoms with Crippen molar-refractivity contribution in [2.45, 2.75) is 44.9 Å². The Balaban J connectivity index is 1.58. The number of carbonyl (C=O) groups excluding carboxylic acids is 1. The number of hydrogen-bond acceptors (Lipinski definition) is 5. The molecule has 0 atom stereocenters. The number of rotatable bonds is 3. The number of nitrogens with one attached hydrogen (secondary N) is 1. The van der Waals surface area contributed by atoms with E-state index in [1.165, 1.54) is 34.7 Å². The maximum absolute atomic E-state index is 12.4. The Morgan fingerprint density at radius 3 is 2.61 bits per heavy atom. The summed E-state index contributed by atoms with van der Waals surface area (Å²) in [6.45, 7) is 0.844. The standard InChI is InChI=1S/C15H23N3O3S2/c1-23(20,21)18-9-7-11(8-10-18)14(19)17-15-16-12-5-3-2-4-6-13(12)22-15/h11H,2-10H2,1H3,(H,16,17,19). The zero-order valence-corrected chi connectivity index (χ0v) is 15.0. The quantitative estimate of drug-likeness (QED) is 0.840. The van der Waals surface area contributed by atoms with E-state index in [1.807, 2.05) is 0 Å². The van der Waals surface area contributed by atoms with Crippen LogP contribution in [0.2, 0.25) is 0 Å². The van der Waals surface area contributed by atoms with Gasteiger partial charge in [0.2, 0.25) is 15.9 Å². The lowest BCUT2D eigenvalue weighted by molar-refractivity contribution is -0.120. The highest BCUT2D eigenvalue weighted by molar-refractivity contribution is 7.88. The number of aryl methyl sites for hydroxylation is 2. The summed E-state index contributed by atoms with van der Waals surface area (Å²) >= 11 is 1.60. The molecule has 1 amide bonds. The molecule has 0 saturated carbocycles. The lowest BCUT2D eigenvalue weighted by Crippen LogP contribution is -2.40. The molecule has 0 bridgehead atoms. The molecular formula is C15H23N3O3S2. The van der Waals surface area contributed by atoms with Gasteiger partial charge < -0.3 is 5.32 Å². The molecule has 0 aromatic carbocycles. The van der Waals surface area contributed by atoms with Gasteiger partial charge in [-0.15, -0.1) is 11.3 Å². The van der Waals surface area contributed by atoms with Gasteiger partial charge in [-0.25, -0.2) is 17.7 Å². The highest BCUT2D eigenvalue weighted by atomic mass is 32.2. The van der Waals surface area contributed by atoms with Gasteiger partial charge in [0.15, 0.2) is 5.13 Å². The van der Waals surface area contributed by atoms with Gasteiger partial charge in [0.1, 0.15) is 0 Å². The first-order chi connectivity index (χ1) is 10.9. The average Bonchev–Trinajstić information content (AvgIpc) is 2.75. The Hall–Kier alpha value is -0.990. The molecule has 23 heavy (non-hydrogen) atoms. The lowest BCUT2D eigenvalue weighted by atomic mass is 9.97. The van der Waals surface area contributed by atoms with Crippen molar-refractivity contribution >= 4 is 32.4 Å². The summed E-state index contributed by atoms with van der Waals surface area (Å²) in [5, 5.41) is 3.64. The van der Waals surface area contributed by atoms with Crippen molar-refractivity contribution in [3.05, 3.63) is 10.6 Å². The number of piperidine rings is 1. The van der Waals surface area contributed by atoms with Gasteiger partial charge in [0.05, 0.1) is 11.9 Å². The number of anilines is 1. The van der Waals surface area contributed by atoms with E-state index in [4.69, 9.17) is 0 Å². The molecule has 1 aromatic heterocycles. The minimum atomic E-state index is -3.15. The van der Waals surface area contributed by atoms with Gasteiger partial charge in [-0.3, -0.25) is 4.79 Å². The third-order valence-corrected chi connectivity index (χ3v) is 7.00. The van der Waals surface area contributed by atoms with Gasteiger partial charge in [0.25, 0.3) is 0 Å². The zero-order chi connectivity index (χ0) is 16.4. The molecule has 3 rings (SSSR count). The summed E-state index contributed by atoms with van der Waals surface area (Å²) in [6, 6.07) is 0.